The minimum atomic E-state index is 0.596. The molecule has 4 heterocycles. The Morgan fingerprint density at radius 3 is 1.70 bits per heavy atom. The molecule has 0 aliphatic rings. The summed E-state index contributed by atoms with van der Waals surface area (Å²) in [5.41, 5.74) is 8.53. The van der Waals surface area contributed by atoms with Crippen molar-refractivity contribution in [1.82, 2.24) is 24.9 Å². The van der Waals surface area contributed by atoms with Crippen LogP contribution in [-0.2, 0) is 0 Å². The Hall–Kier alpha value is -6.53. The summed E-state index contributed by atoms with van der Waals surface area (Å²) in [5, 5.41) is 3.11. The number of para-hydroxylation sites is 1. The van der Waals surface area contributed by atoms with Crippen molar-refractivity contribution in [3.05, 3.63) is 152 Å². The summed E-state index contributed by atoms with van der Waals surface area (Å²) in [4.78, 5) is 25.0. The molecule has 47 heavy (non-hydrogen) atoms. The normalized spacial score (nSPS) is 11.4. The maximum Gasteiger partial charge on any atom is 0.164 e. The van der Waals surface area contributed by atoms with Gasteiger partial charge >= 0.3 is 0 Å². The molecule has 0 unspecified atom stereocenters. The number of rotatable bonds is 5. The molecule has 4 aromatic heterocycles. The fraction of sp³-hybridized carbons (Fsp3) is 0. The number of nitrogens with zero attached hydrogens (tertiary/aromatic N) is 5. The zero-order valence-electron chi connectivity index (χ0n) is 25.1. The Morgan fingerprint density at radius 2 is 0.957 bits per heavy atom. The topological polar surface area (TPSA) is 77.6 Å². The largest absolute Gasteiger partial charge is 0.454 e. The smallest absolute Gasteiger partial charge is 0.164 e. The molecule has 0 radical (unpaired) electrons. The lowest BCUT2D eigenvalue weighted by Crippen LogP contribution is -2.00. The van der Waals surface area contributed by atoms with Crippen LogP contribution in [0.4, 0.5) is 0 Å². The number of pyridine rings is 2. The van der Waals surface area contributed by atoms with Crippen LogP contribution < -0.4 is 0 Å². The van der Waals surface area contributed by atoms with Crippen molar-refractivity contribution in [2.45, 2.75) is 0 Å². The van der Waals surface area contributed by atoms with Crippen LogP contribution in [0.3, 0.4) is 0 Å². The Labute approximate surface area is 270 Å². The minimum absolute atomic E-state index is 0.596. The molecule has 220 valence electrons. The van der Waals surface area contributed by atoms with Crippen LogP contribution in [0.1, 0.15) is 0 Å². The van der Waals surface area contributed by atoms with Crippen molar-refractivity contribution in [3.8, 4) is 56.8 Å². The van der Waals surface area contributed by atoms with Gasteiger partial charge in [0.25, 0.3) is 0 Å². The molecule has 5 aromatic carbocycles. The van der Waals surface area contributed by atoms with E-state index in [1.807, 2.05) is 121 Å². The van der Waals surface area contributed by atoms with E-state index in [1.54, 1.807) is 0 Å². The van der Waals surface area contributed by atoms with Gasteiger partial charge in [0.2, 0.25) is 0 Å². The predicted molar refractivity (Wildman–Crippen MR) is 187 cm³/mol. The standard InChI is InChI=1S/C41H25N5O/c1-3-12-26(13-4-1)39-44-40(27-14-5-2-6-15-27)46-41(45-39)30-18-11-17-29(24-30)37-31-19-8-7-16-28(31)25-34(43-37)33-22-23-36-38(42-33)32-20-9-10-21-35(32)47-36/h1-25H. The highest BCUT2D eigenvalue weighted by Crippen LogP contribution is 2.35. The third kappa shape index (κ3) is 4.89. The molecule has 0 spiro atoms. The van der Waals surface area contributed by atoms with Crippen molar-refractivity contribution in [1.29, 1.82) is 0 Å². The number of furan rings is 1. The second-order valence-corrected chi connectivity index (χ2v) is 11.3. The highest BCUT2D eigenvalue weighted by molar-refractivity contribution is 6.03. The molecule has 0 saturated carbocycles. The summed E-state index contributed by atoms with van der Waals surface area (Å²) >= 11 is 0. The van der Waals surface area contributed by atoms with Crippen molar-refractivity contribution < 1.29 is 4.42 Å². The van der Waals surface area contributed by atoms with Gasteiger partial charge < -0.3 is 4.42 Å². The molecule has 0 amide bonds. The molecular formula is C41H25N5O. The summed E-state index contributed by atoms with van der Waals surface area (Å²) in [6.45, 7) is 0. The van der Waals surface area contributed by atoms with E-state index in [9.17, 15) is 0 Å². The monoisotopic (exact) mass is 603 g/mol. The molecule has 6 heteroatoms. The van der Waals surface area contributed by atoms with Gasteiger partial charge in [-0.05, 0) is 41.8 Å². The predicted octanol–water partition coefficient (Wildman–Crippen LogP) is 10.0. The zero-order chi connectivity index (χ0) is 31.2. The Kier molecular flexibility index (Phi) is 6.35. The lowest BCUT2D eigenvalue weighted by atomic mass is 10.0. The first kappa shape index (κ1) is 26.8. The van der Waals surface area contributed by atoms with E-state index < -0.39 is 0 Å². The lowest BCUT2D eigenvalue weighted by molar-refractivity contribution is 0.668. The molecule has 0 atom stereocenters. The van der Waals surface area contributed by atoms with E-state index in [0.717, 1.165) is 72.2 Å². The third-order valence-corrected chi connectivity index (χ3v) is 8.32. The summed E-state index contributed by atoms with van der Waals surface area (Å²) in [6, 6.07) is 50.6. The zero-order valence-corrected chi connectivity index (χ0v) is 25.1. The summed E-state index contributed by atoms with van der Waals surface area (Å²) < 4.78 is 6.04. The van der Waals surface area contributed by atoms with Crippen LogP contribution in [0.15, 0.2) is 156 Å². The number of hydrogen-bond acceptors (Lipinski definition) is 6. The molecular weight excluding hydrogens is 578 g/mol. The van der Waals surface area contributed by atoms with E-state index in [4.69, 9.17) is 29.3 Å². The van der Waals surface area contributed by atoms with Crippen molar-refractivity contribution >= 4 is 32.8 Å². The van der Waals surface area contributed by atoms with Gasteiger partial charge in [-0.2, -0.15) is 0 Å². The van der Waals surface area contributed by atoms with Gasteiger partial charge in [-0.25, -0.2) is 24.9 Å². The molecule has 0 aliphatic heterocycles. The van der Waals surface area contributed by atoms with E-state index in [0.29, 0.717) is 17.5 Å². The number of fused-ring (bicyclic) bond motifs is 4. The van der Waals surface area contributed by atoms with Crippen LogP contribution in [0.2, 0.25) is 0 Å². The van der Waals surface area contributed by atoms with Crippen LogP contribution in [-0.4, -0.2) is 24.9 Å². The Morgan fingerprint density at radius 1 is 0.362 bits per heavy atom. The molecule has 9 rings (SSSR count). The lowest BCUT2D eigenvalue weighted by Gasteiger charge is -2.12. The average molecular weight is 604 g/mol. The van der Waals surface area contributed by atoms with Gasteiger partial charge in [0.15, 0.2) is 23.1 Å². The molecule has 0 bridgehead atoms. The maximum atomic E-state index is 6.04. The number of benzene rings is 5. The maximum absolute atomic E-state index is 6.04. The minimum Gasteiger partial charge on any atom is -0.454 e. The van der Waals surface area contributed by atoms with E-state index in [1.165, 1.54) is 0 Å². The first-order valence-electron chi connectivity index (χ1n) is 15.4. The highest BCUT2D eigenvalue weighted by Gasteiger charge is 2.16. The second kappa shape index (κ2) is 11.1. The van der Waals surface area contributed by atoms with Gasteiger partial charge in [0, 0.05) is 33.0 Å². The van der Waals surface area contributed by atoms with E-state index in [2.05, 4.69) is 30.3 Å². The van der Waals surface area contributed by atoms with Crippen LogP contribution >= 0.6 is 0 Å². The second-order valence-electron chi connectivity index (χ2n) is 11.3. The SMILES string of the molecule is c1ccc(-c2nc(-c3ccccc3)nc(-c3cccc(-c4nc(-c5ccc6oc7ccccc7c6n5)cc5ccccc45)c3)n2)cc1. The Bertz CT molecular complexity index is 2520. The average Bonchev–Trinajstić information content (AvgIpc) is 3.53. The van der Waals surface area contributed by atoms with Gasteiger partial charge in [0.1, 0.15) is 11.1 Å². The fourth-order valence-corrected chi connectivity index (χ4v) is 6.03. The van der Waals surface area contributed by atoms with Crippen LogP contribution in [0.25, 0.3) is 89.7 Å². The summed E-state index contributed by atoms with van der Waals surface area (Å²) in [6.07, 6.45) is 0. The quantitative estimate of drug-likeness (QED) is 0.195. The highest BCUT2D eigenvalue weighted by atomic mass is 16.3. The van der Waals surface area contributed by atoms with Crippen LogP contribution in [0, 0.1) is 0 Å². The number of aromatic nitrogens is 5. The third-order valence-electron chi connectivity index (χ3n) is 8.32. The molecule has 9 aromatic rings. The van der Waals surface area contributed by atoms with Gasteiger partial charge in [-0.3, -0.25) is 0 Å². The molecule has 0 fully saturated rings. The molecule has 6 nitrogen and oxygen atoms in total. The summed E-state index contributed by atoms with van der Waals surface area (Å²) in [7, 11) is 0. The first-order valence-corrected chi connectivity index (χ1v) is 15.4. The van der Waals surface area contributed by atoms with Crippen molar-refractivity contribution in [2.24, 2.45) is 0 Å². The Balaban J connectivity index is 1.20. The van der Waals surface area contributed by atoms with Gasteiger partial charge in [0.05, 0.1) is 17.1 Å². The molecule has 0 aliphatic carbocycles. The van der Waals surface area contributed by atoms with Gasteiger partial charge in [-0.15, -0.1) is 0 Å². The van der Waals surface area contributed by atoms with E-state index >= 15 is 0 Å². The fourth-order valence-electron chi connectivity index (χ4n) is 6.03. The van der Waals surface area contributed by atoms with Crippen LogP contribution in [0.5, 0.6) is 0 Å². The van der Waals surface area contributed by atoms with E-state index in [-0.39, 0.29) is 0 Å². The van der Waals surface area contributed by atoms with Crippen molar-refractivity contribution in [2.75, 3.05) is 0 Å². The molecule has 0 saturated heterocycles. The number of hydrogen-bond donors (Lipinski definition) is 0. The first-order chi connectivity index (χ1) is 23.3. The van der Waals surface area contributed by atoms with Gasteiger partial charge in [-0.1, -0.05) is 115 Å². The van der Waals surface area contributed by atoms with Crippen molar-refractivity contribution in [3.63, 3.8) is 0 Å². The summed E-state index contributed by atoms with van der Waals surface area (Å²) in [5.74, 6) is 1.84. The molecule has 0 N–H and O–H groups in total.